The topological polar surface area (TPSA) is 116 Å². The number of carbonyl (C=O) groups is 1. The zero-order valence-electron chi connectivity index (χ0n) is 10.0. The molecule has 7 nitrogen and oxygen atoms in total. The molecule has 1 aliphatic carbocycles. The van der Waals surface area contributed by atoms with E-state index in [-0.39, 0.29) is 19.4 Å². The van der Waals surface area contributed by atoms with Crippen LogP contribution >= 0.6 is 0 Å². The summed E-state index contributed by atoms with van der Waals surface area (Å²) < 4.78 is 4.75. The van der Waals surface area contributed by atoms with Crippen LogP contribution in [0.5, 0.6) is 0 Å². The maximum atomic E-state index is 11.3. The second-order valence-corrected chi connectivity index (χ2v) is 4.01. The Labute approximate surface area is 104 Å². The van der Waals surface area contributed by atoms with Gasteiger partial charge in [-0.3, -0.25) is 14.9 Å². The third-order valence-electron chi connectivity index (χ3n) is 2.59. The van der Waals surface area contributed by atoms with E-state index in [1.54, 1.807) is 6.92 Å². The minimum Gasteiger partial charge on any atom is -0.465 e. The molecule has 0 aromatic rings. The molecule has 1 unspecified atom stereocenters. The zero-order chi connectivity index (χ0) is 13.8. The molecule has 0 saturated carbocycles. The first-order valence-corrected chi connectivity index (χ1v) is 5.56. The van der Waals surface area contributed by atoms with Crippen LogP contribution in [0.25, 0.3) is 0 Å². The normalized spacial score (nSPS) is 24.3. The molecule has 1 rings (SSSR count). The van der Waals surface area contributed by atoms with E-state index in [1.165, 1.54) is 12.2 Å². The summed E-state index contributed by atoms with van der Waals surface area (Å²) in [5.41, 5.74) is 4.23. The van der Waals surface area contributed by atoms with Gasteiger partial charge < -0.3 is 15.6 Å². The Balaban J connectivity index is 2.58. The molecular formula is C11H16N2O5. The SMILES string of the molecule is CCOC(=O)[C@@H](N)CC1=CCC(O)([N+](=O)[O-])C=C1. The monoisotopic (exact) mass is 256 g/mol. The van der Waals surface area contributed by atoms with Gasteiger partial charge in [0.25, 0.3) is 0 Å². The van der Waals surface area contributed by atoms with Gasteiger partial charge in [0.2, 0.25) is 0 Å². The number of allylic oxidation sites excluding steroid dienone is 1. The van der Waals surface area contributed by atoms with Crippen molar-refractivity contribution in [3.05, 3.63) is 33.9 Å². The van der Waals surface area contributed by atoms with E-state index in [9.17, 15) is 20.0 Å². The summed E-state index contributed by atoms with van der Waals surface area (Å²) in [4.78, 5) is 21.1. The highest BCUT2D eigenvalue weighted by Gasteiger charge is 2.37. The van der Waals surface area contributed by atoms with Gasteiger partial charge >= 0.3 is 11.7 Å². The molecule has 2 atom stereocenters. The molecule has 7 heteroatoms. The van der Waals surface area contributed by atoms with Gasteiger partial charge in [-0.2, -0.15) is 0 Å². The standard InChI is InChI=1S/C11H16N2O5/c1-2-18-10(14)9(12)7-8-3-5-11(15,6-4-8)13(16)17/h3-5,9,15H,2,6-7,12H2,1H3/t9-,11?/m0/s1. The summed E-state index contributed by atoms with van der Waals surface area (Å²) >= 11 is 0. The van der Waals surface area contributed by atoms with Gasteiger partial charge in [-0.05, 0) is 18.9 Å². The third kappa shape index (κ3) is 3.38. The molecule has 0 fully saturated rings. The van der Waals surface area contributed by atoms with Gasteiger partial charge in [0, 0.05) is 6.08 Å². The van der Waals surface area contributed by atoms with Crippen molar-refractivity contribution in [3.63, 3.8) is 0 Å². The van der Waals surface area contributed by atoms with E-state index in [1.807, 2.05) is 0 Å². The lowest BCUT2D eigenvalue weighted by atomic mass is 9.96. The molecule has 100 valence electrons. The Kier molecular flexibility index (Phi) is 4.57. The van der Waals surface area contributed by atoms with Gasteiger partial charge in [-0.25, -0.2) is 0 Å². The number of nitrogens with zero attached hydrogens (tertiary/aromatic N) is 1. The van der Waals surface area contributed by atoms with Crippen molar-refractivity contribution in [3.8, 4) is 0 Å². The summed E-state index contributed by atoms with van der Waals surface area (Å²) in [6.45, 7) is 1.93. The Morgan fingerprint density at radius 2 is 2.44 bits per heavy atom. The van der Waals surface area contributed by atoms with Crippen molar-refractivity contribution in [1.29, 1.82) is 0 Å². The Bertz CT molecular complexity index is 404. The van der Waals surface area contributed by atoms with Crippen LogP contribution < -0.4 is 5.73 Å². The predicted octanol–water partition coefficient (Wildman–Crippen LogP) is 0.118. The van der Waals surface area contributed by atoms with E-state index in [2.05, 4.69) is 0 Å². The summed E-state index contributed by atoms with van der Waals surface area (Å²) in [7, 11) is 0. The highest BCUT2D eigenvalue weighted by atomic mass is 16.7. The second kappa shape index (κ2) is 5.74. The number of ether oxygens (including phenoxy) is 1. The first-order chi connectivity index (χ1) is 8.39. The van der Waals surface area contributed by atoms with Crippen LogP contribution in [0.1, 0.15) is 19.8 Å². The van der Waals surface area contributed by atoms with E-state index in [0.717, 1.165) is 6.08 Å². The summed E-state index contributed by atoms with van der Waals surface area (Å²) in [5.74, 6) is -0.512. The zero-order valence-corrected chi connectivity index (χ0v) is 10.0. The van der Waals surface area contributed by atoms with Crippen LogP contribution in [0.2, 0.25) is 0 Å². The van der Waals surface area contributed by atoms with E-state index >= 15 is 0 Å². The molecule has 0 aliphatic heterocycles. The van der Waals surface area contributed by atoms with Gasteiger partial charge in [0.05, 0.1) is 18.0 Å². The molecule has 0 aromatic carbocycles. The lowest BCUT2D eigenvalue weighted by Gasteiger charge is -2.19. The number of aliphatic hydroxyl groups is 1. The molecule has 0 spiro atoms. The van der Waals surface area contributed by atoms with Gasteiger partial charge in [-0.1, -0.05) is 12.2 Å². The molecule has 0 saturated heterocycles. The maximum absolute atomic E-state index is 11.3. The predicted molar refractivity (Wildman–Crippen MR) is 63.0 cm³/mol. The summed E-state index contributed by atoms with van der Waals surface area (Å²) in [6, 6.07) is -0.803. The number of hydrogen-bond acceptors (Lipinski definition) is 6. The molecule has 1 aliphatic rings. The largest absolute Gasteiger partial charge is 0.465 e. The number of carbonyl (C=O) groups excluding carboxylic acids is 1. The van der Waals surface area contributed by atoms with Crippen molar-refractivity contribution < 1.29 is 19.6 Å². The number of esters is 1. The minimum absolute atomic E-state index is 0.138. The van der Waals surface area contributed by atoms with Crippen LogP contribution in [-0.4, -0.2) is 34.4 Å². The van der Waals surface area contributed by atoms with Crippen molar-refractivity contribution in [1.82, 2.24) is 0 Å². The van der Waals surface area contributed by atoms with E-state index in [4.69, 9.17) is 10.5 Å². The molecule has 0 bridgehead atoms. The van der Waals surface area contributed by atoms with Crippen LogP contribution in [0.4, 0.5) is 0 Å². The summed E-state index contributed by atoms with van der Waals surface area (Å²) in [6.07, 6.45) is 4.10. The smallest absolute Gasteiger partial charge is 0.345 e. The fraction of sp³-hybridized carbons (Fsp3) is 0.545. The molecule has 0 radical (unpaired) electrons. The lowest BCUT2D eigenvalue weighted by Crippen LogP contribution is -2.37. The Morgan fingerprint density at radius 3 is 2.89 bits per heavy atom. The van der Waals surface area contributed by atoms with Crippen molar-refractivity contribution in [2.24, 2.45) is 5.73 Å². The second-order valence-electron chi connectivity index (χ2n) is 4.01. The number of nitro groups is 1. The molecule has 0 amide bonds. The fourth-order valence-electron chi connectivity index (χ4n) is 1.53. The highest BCUT2D eigenvalue weighted by molar-refractivity contribution is 5.76. The molecule has 0 heterocycles. The molecule has 18 heavy (non-hydrogen) atoms. The first kappa shape index (κ1) is 14.3. The van der Waals surface area contributed by atoms with Gasteiger partial charge in [-0.15, -0.1) is 0 Å². The average Bonchev–Trinajstić information content (AvgIpc) is 2.32. The van der Waals surface area contributed by atoms with E-state index in [0.29, 0.717) is 5.57 Å². The number of hydrogen-bond donors (Lipinski definition) is 2. The van der Waals surface area contributed by atoms with E-state index < -0.39 is 22.7 Å². The van der Waals surface area contributed by atoms with Crippen LogP contribution in [0.15, 0.2) is 23.8 Å². The highest BCUT2D eigenvalue weighted by Crippen LogP contribution is 2.23. The van der Waals surface area contributed by atoms with Gasteiger partial charge in [0.15, 0.2) is 0 Å². The number of nitrogens with two attached hydrogens (primary N) is 1. The minimum atomic E-state index is -2.06. The third-order valence-corrected chi connectivity index (χ3v) is 2.59. The Morgan fingerprint density at radius 1 is 1.78 bits per heavy atom. The Hall–Kier alpha value is -1.73. The van der Waals surface area contributed by atoms with Crippen molar-refractivity contribution in [2.45, 2.75) is 31.5 Å². The summed E-state index contributed by atoms with van der Waals surface area (Å²) in [5, 5.41) is 20.1. The van der Waals surface area contributed by atoms with Crippen molar-refractivity contribution >= 4 is 5.97 Å². The average molecular weight is 256 g/mol. The first-order valence-electron chi connectivity index (χ1n) is 5.56. The number of rotatable bonds is 5. The lowest BCUT2D eigenvalue weighted by molar-refractivity contribution is -0.607. The maximum Gasteiger partial charge on any atom is 0.345 e. The van der Waals surface area contributed by atoms with Crippen LogP contribution in [0.3, 0.4) is 0 Å². The molecule has 3 N–H and O–H groups in total. The van der Waals surface area contributed by atoms with Crippen LogP contribution in [-0.2, 0) is 9.53 Å². The molecular weight excluding hydrogens is 240 g/mol. The fourth-order valence-corrected chi connectivity index (χ4v) is 1.53. The molecule has 0 aromatic heterocycles. The quantitative estimate of drug-likeness (QED) is 0.312. The van der Waals surface area contributed by atoms with Crippen LogP contribution in [0, 0.1) is 10.1 Å². The van der Waals surface area contributed by atoms with Gasteiger partial charge in [0.1, 0.15) is 6.04 Å². The van der Waals surface area contributed by atoms with Crippen molar-refractivity contribution in [2.75, 3.05) is 6.61 Å².